The van der Waals surface area contributed by atoms with Crippen LogP contribution in [0.2, 0.25) is 0 Å². The maximum Gasteiger partial charge on any atom is 0.0767 e. The minimum Gasteiger partial charge on any atom is -0.367 e. The summed E-state index contributed by atoms with van der Waals surface area (Å²) in [4.78, 5) is 7.85. The van der Waals surface area contributed by atoms with Crippen molar-refractivity contribution in [2.24, 2.45) is 0 Å². The molecule has 0 amide bonds. The van der Waals surface area contributed by atoms with E-state index >= 15 is 0 Å². The van der Waals surface area contributed by atoms with Crippen molar-refractivity contribution in [2.45, 2.75) is 6.92 Å². The van der Waals surface area contributed by atoms with Crippen molar-refractivity contribution in [3.05, 3.63) is 0 Å². The minimum atomic E-state index is 0.498. The predicted octanol–water partition coefficient (Wildman–Crippen LogP) is 0.860. The molecule has 0 aromatic heterocycles. The second-order valence-electron chi connectivity index (χ2n) is 0.458. The molecule has 0 rings (SSSR count). The molecule has 0 aromatic carbocycles. The Balaban J connectivity index is 1.97. The normalized spacial score (nSPS) is 10.5. The van der Waals surface area contributed by atoms with E-state index in [1.807, 2.05) is 6.92 Å². The van der Waals surface area contributed by atoms with Crippen LogP contribution in [0.15, 0.2) is 0 Å². The van der Waals surface area contributed by atoms with Crippen molar-refractivity contribution < 1.29 is 4.89 Å². The average Bonchev–Trinajstić information content (AvgIpc) is 1.37. The molecule has 0 heterocycles. The van der Waals surface area contributed by atoms with Crippen molar-refractivity contribution in [3.63, 3.8) is 0 Å². The summed E-state index contributed by atoms with van der Waals surface area (Å²) in [6.07, 6.45) is 0.847. The Morgan fingerprint density at radius 2 is 2.25 bits per heavy atom. The molecule has 25 valence electrons. The third kappa shape index (κ3) is 2.39. The number of hydrogen-bond donors (Lipinski definition) is 1. The summed E-state index contributed by atoms with van der Waals surface area (Å²) in [5, 5.41) is 0. The first-order valence-electron chi connectivity index (χ1n) is 1.22. The molecule has 2 heteroatoms. The standard InChI is InChI=1S/C2H6OP/c1-2-4-3/h3H,2H2,1H3. The van der Waals surface area contributed by atoms with Gasteiger partial charge in [-0.05, 0) is 6.16 Å². The molecule has 1 nitrogen and oxygen atoms in total. The zero-order valence-electron chi connectivity index (χ0n) is 2.60. The molecule has 0 aliphatic heterocycles. The zero-order valence-corrected chi connectivity index (χ0v) is 3.50. The average molecular weight is 77.0 g/mol. The fourth-order valence-corrected chi connectivity index (χ4v) is 0. The maximum atomic E-state index is 7.85. The van der Waals surface area contributed by atoms with Crippen molar-refractivity contribution in [1.29, 1.82) is 0 Å². The first-order valence-corrected chi connectivity index (χ1v) is 2.26. The van der Waals surface area contributed by atoms with E-state index in [-0.39, 0.29) is 0 Å². The van der Waals surface area contributed by atoms with Gasteiger partial charge in [0.15, 0.2) is 0 Å². The van der Waals surface area contributed by atoms with E-state index in [0.717, 1.165) is 6.16 Å². The largest absolute Gasteiger partial charge is 0.367 e. The summed E-state index contributed by atoms with van der Waals surface area (Å²) >= 11 is 0. The van der Waals surface area contributed by atoms with Crippen LogP contribution in [0, 0.1) is 0 Å². The number of rotatable bonds is 1. The summed E-state index contributed by atoms with van der Waals surface area (Å²) < 4.78 is 0. The fourth-order valence-electron chi connectivity index (χ4n) is 0. The van der Waals surface area contributed by atoms with Crippen molar-refractivity contribution in [1.82, 2.24) is 0 Å². The fraction of sp³-hybridized carbons (Fsp3) is 1.00. The van der Waals surface area contributed by atoms with Gasteiger partial charge in [0, 0.05) is 0 Å². The molecule has 0 atom stereocenters. The summed E-state index contributed by atoms with van der Waals surface area (Å²) in [5.41, 5.74) is 0. The molecule has 0 saturated carbocycles. The van der Waals surface area contributed by atoms with Gasteiger partial charge < -0.3 is 4.89 Å². The quantitative estimate of drug-likeness (QED) is 0.460. The highest BCUT2D eigenvalue weighted by Crippen LogP contribution is 1.94. The van der Waals surface area contributed by atoms with Crippen LogP contribution in [-0.2, 0) is 0 Å². The smallest absolute Gasteiger partial charge is 0.0767 e. The maximum absolute atomic E-state index is 7.85. The van der Waals surface area contributed by atoms with Crippen LogP contribution in [0.4, 0.5) is 0 Å². The van der Waals surface area contributed by atoms with Gasteiger partial charge in [-0.25, -0.2) is 0 Å². The van der Waals surface area contributed by atoms with Crippen LogP contribution >= 0.6 is 8.81 Å². The third-order valence-electron chi connectivity index (χ3n) is 0.141. The van der Waals surface area contributed by atoms with Gasteiger partial charge in [-0.2, -0.15) is 0 Å². The van der Waals surface area contributed by atoms with E-state index in [1.165, 1.54) is 0 Å². The van der Waals surface area contributed by atoms with Crippen LogP contribution < -0.4 is 0 Å². The molecule has 0 fully saturated rings. The Morgan fingerprint density at radius 1 is 2.00 bits per heavy atom. The highest BCUT2D eigenvalue weighted by molar-refractivity contribution is 7.30. The summed E-state index contributed by atoms with van der Waals surface area (Å²) in [5.74, 6) is 0. The van der Waals surface area contributed by atoms with Crippen LogP contribution in [0.3, 0.4) is 0 Å². The van der Waals surface area contributed by atoms with Crippen LogP contribution in [0.25, 0.3) is 0 Å². The van der Waals surface area contributed by atoms with Gasteiger partial charge in [-0.1, -0.05) is 6.92 Å². The lowest BCUT2D eigenvalue weighted by molar-refractivity contribution is 0.646. The highest BCUT2D eigenvalue weighted by atomic mass is 31.1. The molecule has 1 radical (unpaired) electrons. The Kier molecular flexibility index (Phi) is 3.72. The third-order valence-corrected chi connectivity index (χ3v) is 0.424. The Morgan fingerprint density at radius 3 is 2.25 bits per heavy atom. The molecule has 0 aromatic rings. The lowest BCUT2D eigenvalue weighted by atomic mass is 11.0. The van der Waals surface area contributed by atoms with Crippen LogP contribution in [0.5, 0.6) is 0 Å². The molecule has 0 unspecified atom stereocenters. The summed E-state index contributed by atoms with van der Waals surface area (Å²) in [6.45, 7) is 1.92. The Hall–Kier alpha value is 0.390. The number of hydrogen-bond acceptors (Lipinski definition) is 1. The molecule has 4 heavy (non-hydrogen) atoms. The van der Waals surface area contributed by atoms with Gasteiger partial charge in [0.1, 0.15) is 0 Å². The highest BCUT2D eigenvalue weighted by Gasteiger charge is 1.59. The first-order chi connectivity index (χ1) is 1.91. The monoisotopic (exact) mass is 77.0 g/mol. The lowest BCUT2D eigenvalue weighted by Crippen LogP contribution is -1.48. The lowest BCUT2D eigenvalue weighted by Gasteiger charge is -1.66. The van der Waals surface area contributed by atoms with E-state index in [2.05, 4.69) is 0 Å². The summed E-state index contributed by atoms with van der Waals surface area (Å²) in [6, 6.07) is 0. The van der Waals surface area contributed by atoms with Crippen molar-refractivity contribution in [3.8, 4) is 0 Å². The topological polar surface area (TPSA) is 20.2 Å². The second-order valence-corrected chi connectivity index (χ2v) is 1.37. The van der Waals surface area contributed by atoms with Crippen molar-refractivity contribution >= 4 is 8.81 Å². The molecule has 0 bridgehead atoms. The van der Waals surface area contributed by atoms with E-state index in [1.54, 1.807) is 0 Å². The molecule has 1 N–H and O–H groups in total. The van der Waals surface area contributed by atoms with E-state index in [4.69, 9.17) is 4.89 Å². The molecule has 0 spiro atoms. The van der Waals surface area contributed by atoms with Gasteiger partial charge in [0.2, 0.25) is 0 Å². The molecular weight excluding hydrogens is 71.0 g/mol. The van der Waals surface area contributed by atoms with Gasteiger partial charge in [-0.3, -0.25) is 0 Å². The molecule has 0 saturated heterocycles. The Labute approximate surface area is 27.9 Å². The predicted molar refractivity (Wildman–Crippen MR) is 19.7 cm³/mol. The molecule has 0 aliphatic rings. The van der Waals surface area contributed by atoms with Gasteiger partial charge in [0.05, 0.1) is 8.81 Å². The molecular formula is C2H6OP. The van der Waals surface area contributed by atoms with Gasteiger partial charge >= 0.3 is 0 Å². The first kappa shape index (κ1) is 4.39. The van der Waals surface area contributed by atoms with Gasteiger partial charge in [-0.15, -0.1) is 0 Å². The summed E-state index contributed by atoms with van der Waals surface area (Å²) in [7, 11) is 0.498. The van der Waals surface area contributed by atoms with E-state index in [9.17, 15) is 0 Å². The molecule has 0 aliphatic carbocycles. The minimum absolute atomic E-state index is 0.498. The van der Waals surface area contributed by atoms with E-state index in [0.29, 0.717) is 8.81 Å². The van der Waals surface area contributed by atoms with Crippen LogP contribution in [-0.4, -0.2) is 11.1 Å². The Bertz CT molecular complexity index is 8.00. The second kappa shape index (κ2) is 3.39. The van der Waals surface area contributed by atoms with Crippen molar-refractivity contribution in [2.75, 3.05) is 6.16 Å². The van der Waals surface area contributed by atoms with Gasteiger partial charge in [0.25, 0.3) is 0 Å². The zero-order chi connectivity index (χ0) is 3.41. The van der Waals surface area contributed by atoms with E-state index < -0.39 is 0 Å². The SMILES string of the molecule is CC[P]O. The van der Waals surface area contributed by atoms with Crippen LogP contribution in [0.1, 0.15) is 6.92 Å².